The third-order valence-corrected chi connectivity index (χ3v) is 11.3. The van der Waals surface area contributed by atoms with Gasteiger partial charge in [-0.1, -0.05) is 0 Å². The molecule has 7 rings (SSSR count). The van der Waals surface area contributed by atoms with E-state index < -0.39 is 135 Å². The van der Waals surface area contributed by atoms with Crippen molar-refractivity contribution in [2.45, 2.75) is 92.1 Å². The minimum Gasteiger partial charge on any atom is -0.571 e. The van der Waals surface area contributed by atoms with Crippen LogP contribution in [0.1, 0.15) is 22.8 Å². The molecule has 0 radical (unpaired) electrons. The number of benzene rings is 3. The lowest BCUT2D eigenvalue weighted by Gasteiger charge is -2.46. The molecule has 4 heterocycles. The molecule has 366 valence electrons. The van der Waals surface area contributed by atoms with Crippen LogP contribution in [0.2, 0.25) is 0 Å². The molecule has 0 saturated carbocycles. The van der Waals surface area contributed by atoms with Crippen molar-refractivity contribution in [2.75, 3.05) is 34.0 Å². The average Bonchev–Trinajstić information content (AvgIpc) is 3.30. The van der Waals surface area contributed by atoms with Gasteiger partial charge >= 0.3 is 5.97 Å². The Balaban J connectivity index is 1.10. The molecule has 4 aliphatic heterocycles. The summed E-state index contributed by atoms with van der Waals surface area (Å²) in [5, 5.41) is 138. The largest absolute Gasteiger partial charge is 0.571 e. The Morgan fingerprint density at radius 1 is 0.716 bits per heavy atom. The Kier molecular flexibility index (Phi) is 15.2. The highest BCUT2D eigenvalue weighted by Crippen LogP contribution is 2.47. The van der Waals surface area contributed by atoms with E-state index in [1.165, 1.54) is 50.6 Å². The summed E-state index contributed by atoms with van der Waals surface area (Å²) >= 11 is 0. The second-order valence-corrected chi connectivity index (χ2v) is 15.8. The van der Waals surface area contributed by atoms with Crippen molar-refractivity contribution in [2.24, 2.45) is 0 Å². The molecule has 24 heteroatoms. The van der Waals surface area contributed by atoms with Crippen molar-refractivity contribution in [1.82, 2.24) is 0 Å². The SMILES string of the molecule is COc1cc(C=CC(=O)OCC2OC(OCC3OC(OC4=Cc5c(O)cc(O)cc5[OH+]C4c4ccc(O)c(O)c4)C(OC4OCC(O)C(O)C4O)C(O)C3O)C(O)C(O)C2O)cc(OC)c1O. The van der Waals surface area contributed by atoms with Crippen molar-refractivity contribution >= 4 is 18.1 Å². The molecule has 14 N–H and O–H groups in total. The summed E-state index contributed by atoms with van der Waals surface area (Å²) in [4.78, 5) is 12.7. The zero-order valence-electron chi connectivity index (χ0n) is 35.4. The smallest absolute Gasteiger partial charge is 0.330 e. The Hall–Kier alpha value is -5.71. The van der Waals surface area contributed by atoms with Crippen LogP contribution in [0.3, 0.4) is 0 Å². The number of carbonyl (C=O) groups is 1. The molecule has 0 aromatic heterocycles. The number of aliphatic hydroxyl groups is 9. The van der Waals surface area contributed by atoms with E-state index in [-0.39, 0.29) is 45.6 Å². The fourth-order valence-electron chi connectivity index (χ4n) is 7.57. The summed E-state index contributed by atoms with van der Waals surface area (Å²) in [5.41, 5.74) is 0.591. The van der Waals surface area contributed by atoms with Crippen molar-refractivity contribution in [3.8, 4) is 46.0 Å². The molecule has 3 aromatic rings. The van der Waals surface area contributed by atoms with E-state index in [2.05, 4.69) is 4.74 Å². The molecule has 0 spiro atoms. The number of fused-ring (bicyclic) bond motifs is 1. The second kappa shape index (κ2) is 20.7. The minimum atomic E-state index is -2.02. The third kappa shape index (κ3) is 10.6. The number of esters is 1. The van der Waals surface area contributed by atoms with Crippen LogP contribution in [0.4, 0.5) is 0 Å². The van der Waals surface area contributed by atoms with Gasteiger partial charge in [-0.25, -0.2) is 4.79 Å². The van der Waals surface area contributed by atoms with Crippen LogP contribution in [-0.2, 0) is 38.0 Å². The first-order valence-electron chi connectivity index (χ1n) is 20.5. The van der Waals surface area contributed by atoms with Gasteiger partial charge in [0.15, 0.2) is 47.4 Å². The van der Waals surface area contributed by atoms with Crippen molar-refractivity contribution in [3.63, 3.8) is 0 Å². The maximum Gasteiger partial charge on any atom is 0.330 e. The molecule has 3 fully saturated rings. The van der Waals surface area contributed by atoms with Crippen LogP contribution >= 0.6 is 0 Å². The molecule has 0 bridgehead atoms. The number of hydrogen-bond donors (Lipinski definition) is 13. The average molecular weight is 952 g/mol. The highest BCUT2D eigenvalue weighted by molar-refractivity contribution is 5.87. The highest BCUT2D eigenvalue weighted by Gasteiger charge is 2.52. The third-order valence-electron chi connectivity index (χ3n) is 11.3. The van der Waals surface area contributed by atoms with Crippen molar-refractivity contribution in [3.05, 3.63) is 71.0 Å². The zero-order chi connectivity index (χ0) is 48.4. The van der Waals surface area contributed by atoms with Crippen molar-refractivity contribution in [1.29, 1.82) is 0 Å². The van der Waals surface area contributed by atoms with Gasteiger partial charge in [-0.2, -0.15) is 0 Å². The van der Waals surface area contributed by atoms with Gasteiger partial charge in [0.25, 0.3) is 11.9 Å². The Bertz CT molecular complexity index is 2260. The number of carbonyl (C=O) groups excluding carboxylic acids is 1. The fraction of sp³-hybridized carbons (Fsp3) is 0.465. The van der Waals surface area contributed by atoms with E-state index in [0.717, 1.165) is 24.3 Å². The standard InChI is InChI=1S/C43H50O24/c1-58-25-7-16(8-26(59-2)32(25)51)3-6-30(49)60-14-28-33(52)35(54)38(57)41(65-28)62-15-29-34(53)36(55)40(67-42-37(56)31(50)23(48)13-61-42)43(66-29)64-27-12-19-21(46)10-18(44)11-24(19)63-39(27)17-4-5-20(45)22(47)9-17/h3-12,23,28-29,31,33-48,50-57H,13-15H2,1-2H3/p+1. The summed E-state index contributed by atoms with van der Waals surface area (Å²) < 4.78 is 55.0. The molecule has 15 unspecified atom stereocenters. The lowest BCUT2D eigenvalue weighted by molar-refractivity contribution is -0.360. The van der Waals surface area contributed by atoms with E-state index in [4.69, 9.17) is 42.6 Å². The first-order chi connectivity index (χ1) is 31.9. The molecule has 4 aliphatic rings. The van der Waals surface area contributed by atoms with Crippen LogP contribution in [0.25, 0.3) is 12.2 Å². The maximum atomic E-state index is 12.7. The number of hydrogen-bond acceptors (Lipinski definition) is 23. The number of rotatable bonds is 14. The first kappa shape index (κ1) is 49.2. The van der Waals surface area contributed by atoms with Gasteiger partial charge in [0.05, 0.1) is 39.1 Å². The maximum absolute atomic E-state index is 12.7. The van der Waals surface area contributed by atoms with E-state index in [0.29, 0.717) is 5.56 Å². The molecule has 0 amide bonds. The van der Waals surface area contributed by atoms with Gasteiger partial charge < -0.3 is 114 Å². The lowest BCUT2D eigenvalue weighted by atomic mass is 9.97. The van der Waals surface area contributed by atoms with Crippen LogP contribution < -0.4 is 9.47 Å². The van der Waals surface area contributed by atoms with Gasteiger partial charge in [-0.3, -0.25) is 0 Å². The molecule has 24 nitrogen and oxygen atoms in total. The highest BCUT2D eigenvalue weighted by atomic mass is 16.8. The normalized spacial score (nSPS) is 33.0. The van der Waals surface area contributed by atoms with Crippen LogP contribution in [-0.4, -0.2) is 197 Å². The molecule has 3 saturated heterocycles. The predicted molar refractivity (Wildman–Crippen MR) is 220 cm³/mol. The summed E-state index contributed by atoms with van der Waals surface area (Å²) in [7, 11) is 2.64. The summed E-state index contributed by atoms with van der Waals surface area (Å²) in [6, 6.07) is 8.76. The summed E-state index contributed by atoms with van der Waals surface area (Å²) in [6.07, 6.45) is -22.8. The topological polar surface area (TPSA) is 376 Å². The summed E-state index contributed by atoms with van der Waals surface area (Å²) in [5.74, 6) is -3.03. The number of phenolic OH excluding ortho intramolecular Hbond substituents is 5. The number of aliphatic hydroxyl groups excluding tert-OH is 8. The number of phenols is 5. The van der Waals surface area contributed by atoms with E-state index in [1.807, 2.05) is 0 Å². The van der Waals surface area contributed by atoms with Crippen LogP contribution in [0, 0.1) is 0 Å². The van der Waals surface area contributed by atoms with Gasteiger partial charge in [-0.15, -0.1) is 0 Å². The lowest BCUT2D eigenvalue weighted by Crippen LogP contribution is -2.64. The number of aromatic hydroxyl groups is 6. The molecule has 67 heavy (non-hydrogen) atoms. The molecular formula is C43H51O24+. The zero-order valence-corrected chi connectivity index (χ0v) is 35.4. The Labute approximate surface area is 379 Å². The van der Waals surface area contributed by atoms with Gasteiger partial charge in [0.2, 0.25) is 12.0 Å². The van der Waals surface area contributed by atoms with E-state index in [1.54, 1.807) is 0 Å². The predicted octanol–water partition coefficient (Wildman–Crippen LogP) is -2.06. The summed E-state index contributed by atoms with van der Waals surface area (Å²) in [6.45, 7) is -1.96. The minimum absolute atomic E-state index is 0.0306. The molecule has 15 atom stereocenters. The Morgan fingerprint density at radius 2 is 1.37 bits per heavy atom. The fourth-order valence-corrected chi connectivity index (χ4v) is 7.57. The van der Waals surface area contributed by atoms with E-state index in [9.17, 15) is 71.2 Å². The van der Waals surface area contributed by atoms with Gasteiger partial charge in [0, 0.05) is 18.2 Å². The van der Waals surface area contributed by atoms with Crippen molar-refractivity contribution < 1.29 is 119 Å². The quantitative estimate of drug-likeness (QED) is 0.0357. The molecular weight excluding hydrogens is 900 g/mol. The van der Waals surface area contributed by atoms with Gasteiger partial charge in [0.1, 0.15) is 84.7 Å². The Morgan fingerprint density at radius 3 is 2.06 bits per heavy atom. The number of ether oxygens (including phenoxy) is 10. The monoisotopic (exact) mass is 951 g/mol. The second-order valence-electron chi connectivity index (χ2n) is 15.8. The molecule has 0 aliphatic carbocycles. The molecule has 3 aromatic carbocycles. The van der Waals surface area contributed by atoms with Crippen LogP contribution in [0.5, 0.6) is 46.0 Å². The van der Waals surface area contributed by atoms with E-state index >= 15 is 0 Å². The number of methoxy groups -OCH3 is 2. The first-order valence-corrected chi connectivity index (χ1v) is 20.5. The van der Waals surface area contributed by atoms with Gasteiger partial charge in [-0.05, 0) is 42.0 Å². The van der Waals surface area contributed by atoms with Crippen LogP contribution in [0.15, 0.2) is 54.3 Å².